The van der Waals surface area contributed by atoms with E-state index in [0.717, 1.165) is 5.82 Å². The van der Waals surface area contributed by atoms with Crippen LogP contribution in [0.15, 0.2) is 18.3 Å². The summed E-state index contributed by atoms with van der Waals surface area (Å²) in [5.74, 6) is 1.12. The molecule has 0 fully saturated rings. The predicted octanol–water partition coefficient (Wildman–Crippen LogP) is 1.77. The standard InChI is InChI=1S/C16H28N3O3.CHF3O3S/c1-16(2,3)22-15(20)12(17)9-11-21-13-8-7-10-18-14(13)19(4,5)6;2-1(3,4)8(5,6)7/h7-8,10,12H,9,11,17H2,1-6H3;(H,5,6,7)/q+1;/p-1. The van der Waals surface area contributed by atoms with Crippen LogP contribution >= 0.6 is 0 Å². The minimum atomic E-state index is -6.09. The van der Waals surface area contributed by atoms with Gasteiger partial charge in [0.2, 0.25) is 5.75 Å². The summed E-state index contributed by atoms with van der Waals surface area (Å²) in [6, 6.07) is 3.00. The Kier molecular flexibility index (Phi) is 9.70. The Hall–Kier alpha value is -1.96. The third-order valence-electron chi connectivity index (χ3n) is 3.07. The van der Waals surface area contributed by atoms with Crippen molar-refractivity contribution in [2.24, 2.45) is 5.73 Å². The Morgan fingerprint density at radius 2 is 1.77 bits per heavy atom. The molecule has 1 unspecified atom stereocenters. The minimum absolute atomic E-state index is 0.332. The topological polar surface area (TPSA) is 132 Å². The Morgan fingerprint density at radius 1 is 1.27 bits per heavy atom. The van der Waals surface area contributed by atoms with E-state index in [2.05, 4.69) is 4.98 Å². The van der Waals surface area contributed by atoms with Crippen LogP contribution in [0.25, 0.3) is 0 Å². The van der Waals surface area contributed by atoms with Crippen LogP contribution in [-0.2, 0) is 19.6 Å². The molecule has 13 heteroatoms. The Labute approximate surface area is 174 Å². The molecule has 0 aliphatic carbocycles. The SMILES string of the molecule is CC(C)(C)OC(=O)C(N)CCOc1cccnc1[N+](C)(C)C.O=S(=O)([O-])C(F)(F)F. The largest absolute Gasteiger partial charge is 0.741 e. The Balaban J connectivity index is 0.000000890. The highest BCUT2D eigenvalue weighted by Gasteiger charge is 2.36. The van der Waals surface area contributed by atoms with Crippen LogP contribution in [0.2, 0.25) is 0 Å². The van der Waals surface area contributed by atoms with Crippen molar-refractivity contribution < 1.29 is 40.4 Å². The second-order valence-electron chi connectivity index (χ2n) is 8.01. The van der Waals surface area contributed by atoms with Gasteiger partial charge in [0.25, 0.3) is 5.82 Å². The summed E-state index contributed by atoms with van der Waals surface area (Å²) < 4.78 is 70.4. The van der Waals surface area contributed by atoms with Gasteiger partial charge in [-0.25, -0.2) is 13.4 Å². The maximum absolute atomic E-state index is 11.8. The first-order chi connectivity index (χ1) is 13.3. The molecular formula is C17H28F3N3O6S. The van der Waals surface area contributed by atoms with Crippen LogP contribution in [0.3, 0.4) is 0 Å². The fourth-order valence-electron chi connectivity index (χ4n) is 1.79. The smallest absolute Gasteiger partial charge is 0.485 e. The highest BCUT2D eigenvalue weighted by molar-refractivity contribution is 7.86. The van der Waals surface area contributed by atoms with Crippen molar-refractivity contribution in [3.63, 3.8) is 0 Å². The lowest BCUT2D eigenvalue weighted by molar-refractivity contribution is -0.156. The van der Waals surface area contributed by atoms with E-state index in [9.17, 15) is 18.0 Å². The van der Waals surface area contributed by atoms with E-state index in [1.165, 1.54) is 0 Å². The van der Waals surface area contributed by atoms with Gasteiger partial charge in [0.1, 0.15) is 11.6 Å². The molecule has 174 valence electrons. The molecule has 0 aromatic carbocycles. The van der Waals surface area contributed by atoms with Gasteiger partial charge in [0.05, 0.1) is 27.7 Å². The number of aromatic nitrogens is 1. The van der Waals surface area contributed by atoms with Gasteiger partial charge in [-0.15, -0.1) is 0 Å². The average Bonchev–Trinajstić information content (AvgIpc) is 2.51. The number of hydrogen-bond donors (Lipinski definition) is 1. The molecule has 2 N–H and O–H groups in total. The third kappa shape index (κ3) is 10.7. The molecule has 1 rings (SSSR count). The first-order valence-electron chi connectivity index (χ1n) is 8.66. The Bertz CT molecular complexity index is 802. The number of nitrogens with zero attached hydrogens (tertiary/aromatic N) is 2. The summed E-state index contributed by atoms with van der Waals surface area (Å²) in [7, 11) is -0.0438. The summed E-state index contributed by atoms with van der Waals surface area (Å²) in [4.78, 5) is 16.2. The first kappa shape index (κ1) is 28.0. The number of nitrogens with two attached hydrogens (primary N) is 1. The molecule has 1 aromatic heterocycles. The van der Waals surface area contributed by atoms with Crippen LogP contribution in [0.1, 0.15) is 27.2 Å². The summed E-state index contributed by atoms with van der Waals surface area (Å²) in [5.41, 5.74) is -0.339. The van der Waals surface area contributed by atoms with Crippen molar-refractivity contribution in [2.75, 3.05) is 27.7 Å². The number of carbonyl (C=O) groups is 1. The maximum atomic E-state index is 11.8. The molecule has 0 saturated heterocycles. The number of hydrogen-bond acceptors (Lipinski definition) is 8. The molecule has 0 aliphatic heterocycles. The molecule has 30 heavy (non-hydrogen) atoms. The van der Waals surface area contributed by atoms with E-state index in [1.807, 2.05) is 54.0 Å². The lowest BCUT2D eigenvalue weighted by Crippen LogP contribution is -2.38. The molecule has 0 bridgehead atoms. The molecule has 0 spiro atoms. The van der Waals surface area contributed by atoms with Gasteiger partial charge >= 0.3 is 11.5 Å². The van der Waals surface area contributed by atoms with Crippen LogP contribution in [0.5, 0.6) is 5.75 Å². The fraction of sp³-hybridized carbons (Fsp3) is 0.647. The normalized spacial score (nSPS) is 13.7. The van der Waals surface area contributed by atoms with Crippen LogP contribution in [0.4, 0.5) is 19.0 Å². The molecule has 0 aliphatic rings. The van der Waals surface area contributed by atoms with Gasteiger partial charge < -0.3 is 19.8 Å². The van der Waals surface area contributed by atoms with E-state index in [1.54, 1.807) is 6.20 Å². The van der Waals surface area contributed by atoms with Gasteiger partial charge in [0.15, 0.2) is 10.1 Å². The number of pyridine rings is 1. The van der Waals surface area contributed by atoms with E-state index in [0.29, 0.717) is 23.3 Å². The molecule has 1 aromatic rings. The zero-order valence-corrected chi connectivity index (χ0v) is 18.5. The van der Waals surface area contributed by atoms with Crippen molar-refractivity contribution in [3.8, 4) is 5.75 Å². The summed E-state index contributed by atoms with van der Waals surface area (Å²) in [5, 5.41) is 0. The highest BCUT2D eigenvalue weighted by atomic mass is 32.2. The molecule has 0 radical (unpaired) electrons. The molecule has 1 atom stereocenters. The first-order valence-corrected chi connectivity index (χ1v) is 10.1. The molecular weight excluding hydrogens is 431 g/mol. The number of esters is 1. The van der Waals surface area contributed by atoms with Crippen molar-refractivity contribution in [3.05, 3.63) is 18.3 Å². The zero-order valence-electron chi connectivity index (χ0n) is 17.7. The predicted molar refractivity (Wildman–Crippen MR) is 103 cm³/mol. The van der Waals surface area contributed by atoms with Gasteiger partial charge in [0, 0.05) is 12.6 Å². The van der Waals surface area contributed by atoms with Crippen LogP contribution < -0.4 is 15.0 Å². The van der Waals surface area contributed by atoms with Crippen molar-refractivity contribution in [1.82, 2.24) is 9.47 Å². The number of rotatable bonds is 6. The monoisotopic (exact) mass is 459 g/mol. The summed E-state index contributed by atoms with van der Waals surface area (Å²) in [6.07, 6.45) is 2.12. The molecule has 0 amide bonds. The van der Waals surface area contributed by atoms with Gasteiger partial charge in [-0.05, 0) is 32.9 Å². The second-order valence-corrected chi connectivity index (χ2v) is 9.39. The average molecular weight is 459 g/mol. The van der Waals surface area contributed by atoms with Crippen molar-refractivity contribution in [1.29, 1.82) is 0 Å². The number of halogens is 3. The van der Waals surface area contributed by atoms with Crippen LogP contribution in [-0.4, -0.2) is 68.8 Å². The lowest BCUT2D eigenvalue weighted by atomic mass is 10.1. The lowest BCUT2D eigenvalue weighted by Gasteiger charge is -2.24. The number of alkyl halides is 3. The Morgan fingerprint density at radius 3 is 2.17 bits per heavy atom. The van der Waals surface area contributed by atoms with Gasteiger partial charge in [-0.3, -0.25) is 9.28 Å². The van der Waals surface area contributed by atoms with Crippen molar-refractivity contribution in [2.45, 2.75) is 44.3 Å². The molecule has 1 heterocycles. The summed E-state index contributed by atoms with van der Waals surface area (Å²) in [6.45, 7) is 5.78. The van der Waals surface area contributed by atoms with Gasteiger partial charge in [-0.2, -0.15) is 13.2 Å². The highest BCUT2D eigenvalue weighted by Crippen LogP contribution is 2.27. The molecule has 9 nitrogen and oxygen atoms in total. The van der Waals surface area contributed by atoms with E-state index < -0.39 is 33.2 Å². The van der Waals surface area contributed by atoms with Crippen molar-refractivity contribution >= 4 is 21.9 Å². The van der Waals surface area contributed by atoms with E-state index in [4.69, 9.17) is 28.2 Å². The molecule has 0 saturated carbocycles. The minimum Gasteiger partial charge on any atom is -0.741 e. The van der Waals surface area contributed by atoms with E-state index in [-0.39, 0.29) is 0 Å². The van der Waals surface area contributed by atoms with E-state index >= 15 is 0 Å². The maximum Gasteiger partial charge on any atom is 0.485 e. The fourth-order valence-corrected chi connectivity index (χ4v) is 1.79. The zero-order chi connectivity index (χ0) is 24.0. The van der Waals surface area contributed by atoms with Gasteiger partial charge in [-0.1, -0.05) is 0 Å². The number of ether oxygens (including phenoxy) is 2. The second kappa shape index (κ2) is 10.4. The van der Waals surface area contributed by atoms with Crippen LogP contribution in [0, 0.1) is 0 Å². The number of carbonyl (C=O) groups excluding carboxylic acids is 1. The quantitative estimate of drug-likeness (QED) is 0.295. The summed E-state index contributed by atoms with van der Waals surface area (Å²) >= 11 is 0. The number of quaternary nitrogens is 1. The third-order valence-corrected chi connectivity index (χ3v) is 3.63.